The van der Waals surface area contributed by atoms with Gasteiger partial charge >= 0.3 is 0 Å². The molecule has 1 heteroatoms. The lowest BCUT2D eigenvalue weighted by molar-refractivity contribution is 0.650. The Labute approximate surface area is 68.8 Å². The Morgan fingerprint density at radius 2 is 2.09 bits per heavy atom. The van der Waals surface area contributed by atoms with Crippen LogP contribution in [0.4, 0.5) is 4.39 Å². The van der Waals surface area contributed by atoms with Crippen molar-refractivity contribution in [3.63, 3.8) is 0 Å². The molecule has 0 radical (unpaired) electrons. The highest BCUT2D eigenvalue weighted by molar-refractivity contribution is 5.11. The highest BCUT2D eigenvalue weighted by Gasteiger charge is 1.91. The fourth-order valence-electron chi connectivity index (χ4n) is 0.655. The van der Waals surface area contributed by atoms with Crippen LogP contribution in [0.25, 0.3) is 0 Å². The van der Waals surface area contributed by atoms with Crippen molar-refractivity contribution in [3.8, 4) is 0 Å². The van der Waals surface area contributed by atoms with Gasteiger partial charge in [-0.25, -0.2) is 4.39 Å². The number of rotatable bonds is 4. The van der Waals surface area contributed by atoms with Gasteiger partial charge < -0.3 is 0 Å². The van der Waals surface area contributed by atoms with E-state index in [2.05, 4.69) is 13.8 Å². The largest absolute Gasteiger partial charge is 0.207 e. The molecule has 0 aromatic heterocycles. The lowest BCUT2D eigenvalue weighted by atomic mass is 10.1. The van der Waals surface area contributed by atoms with E-state index in [4.69, 9.17) is 0 Å². The van der Waals surface area contributed by atoms with E-state index in [1.165, 1.54) is 0 Å². The van der Waals surface area contributed by atoms with Crippen LogP contribution in [0.3, 0.4) is 0 Å². The summed E-state index contributed by atoms with van der Waals surface area (Å²) < 4.78 is 12.7. The van der Waals surface area contributed by atoms with Crippen LogP contribution in [0.15, 0.2) is 24.1 Å². The van der Waals surface area contributed by atoms with Gasteiger partial charge in [0.05, 0.1) is 0 Å². The summed E-state index contributed by atoms with van der Waals surface area (Å²) in [6.45, 7) is 6.10. The van der Waals surface area contributed by atoms with Gasteiger partial charge in [-0.05, 0) is 24.5 Å². The van der Waals surface area contributed by atoms with Crippen LogP contribution in [0.2, 0.25) is 0 Å². The average Bonchev–Trinajstić information content (AvgIpc) is 2.01. The third kappa shape index (κ3) is 5.84. The van der Waals surface area contributed by atoms with Gasteiger partial charge in [-0.2, -0.15) is 0 Å². The van der Waals surface area contributed by atoms with Gasteiger partial charge in [-0.3, -0.25) is 0 Å². The lowest BCUT2D eigenvalue weighted by Gasteiger charge is -1.97. The van der Waals surface area contributed by atoms with Crippen LogP contribution in [-0.2, 0) is 0 Å². The van der Waals surface area contributed by atoms with Crippen molar-refractivity contribution in [2.45, 2.75) is 33.6 Å². The van der Waals surface area contributed by atoms with E-state index in [0.717, 1.165) is 12.8 Å². The first-order chi connectivity index (χ1) is 5.20. The smallest absolute Gasteiger partial charge is 0.118 e. The lowest BCUT2D eigenvalue weighted by Crippen LogP contribution is -1.83. The molecule has 0 aliphatic heterocycles. The first-order valence-corrected chi connectivity index (χ1v) is 4.24. The highest BCUT2D eigenvalue weighted by atomic mass is 19.1. The molecule has 1 unspecified atom stereocenters. The second-order valence-electron chi connectivity index (χ2n) is 2.74. The zero-order valence-corrected chi connectivity index (χ0v) is 7.60. The first kappa shape index (κ1) is 10.4. The molecule has 64 valence electrons. The maximum Gasteiger partial charge on any atom is 0.118 e. The van der Waals surface area contributed by atoms with Gasteiger partial charge in [0.1, 0.15) is 5.83 Å². The third-order valence-electron chi connectivity index (χ3n) is 1.63. The molecule has 0 spiro atoms. The zero-order chi connectivity index (χ0) is 8.69. The summed E-state index contributed by atoms with van der Waals surface area (Å²) in [6, 6.07) is 0. The number of hydrogen-bond donors (Lipinski definition) is 0. The average molecular weight is 156 g/mol. The number of halogens is 1. The van der Waals surface area contributed by atoms with Crippen molar-refractivity contribution in [1.82, 2.24) is 0 Å². The highest BCUT2D eigenvalue weighted by Crippen LogP contribution is 2.06. The van der Waals surface area contributed by atoms with E-state index < -0.39 is 0 Å². The molecule has 0 saturated carbocycles. The van der Waals surface area contributed by atoms with Crippen molar-refractivity contribution < 1.29 is 4.39 Å². The molecule has 0 N–H and O–H groups in total. The summed E-state index contributed by atoms with van der Waals surface area (Å²) in [5.41, 5.74) is 0. The minimum Gasteiger partial charge on any atom is -0.207 e. The van der Waals surface area contributed by atoms with Crippen molar-refractivity contribution in [3.05, 3.63) is 24.1 Å². The van der Waals surface area contributed by atoms with Crippen LogP contribution in [-0.4, -0.2) is 0 Å². The van der Waals surface area contributed by atoms with Crippen molar-refractivity contribution >= 4 is 0 Å². The quantitative estimate of drug-likeness (QED) is 0.542. The molecule has 0 aromatic rings. The van der Waals surface area contributed by atoms with Crippen molar-refractivity contribution in [2.75, 3.05) is 0 Å². The maximum atomic E-state index is 12.7. The van der Waals surface area contributed by atoms with Crippen LogP contribution < -0.4 is 0 Å². The van der Waals surface area contributed by atoms with E-state index >= 15 is 0 Å². The molecule has 0 saturated heterocycles. The molecule has 0 fully saturated rings. The molecule has 0 aromatic carbocycles. The minimum atomic E-state index is -0.118. The van der Waals surface area contributed by atoms with Crippen LogP contribution in [0, 0.1) is 5.92 Å². The predicted octanol–water partition coefficient (Wildman–Crippen LogP) is 3.85. The van der Waals surface area contributed by atoms with Gasteiger partial charge in [0.25, 0.3) is 0 Å². The van der Waals surface area contributed by atoms with Gasteiger partial charge in [-0.15, -0.1) is 0 Å². The summed E-state index contributed by atoms with van der Waals surface area (Å²) in [5.74, 6) is 0.360. The molecular formula is C10H17F. The van der Waals surface area contributed by atoms with Gasteiger partial charge in [0.15, 0.2) is 0 Å². The zero-order valence-electron chi connectivity index (χ0n) is 7.60. The Kier molecular flexibility index (Phi) is 5.81. The molecule has 0 aliphatic rings. The van der Waals surface area contributed by atoms with E-state index in [1.54, 1.807) is 12.2 Å². The summed E-state index contributed by atoms with van der Waals surface area (Å²) in [6.07, 6.45) is 6.87. The third-order valence-corrected chi connectivity index (χ3v) is 1.63. The Morgan fingerprint density at radius 3 is 2.55 bits per heavy atom. The van der Waals surface area contributed by atoms with Crippen molar-refractivity contribution in [2.24, 2.45) is 5.92 Å². The fraction of sp³-hybridized carbons (Fsp3) is 0.600. The van der Waals surface area contributed by atoms with Gasteiger partial charge in [-0.1, -0.05) is 33.3 Å². The summed E-state index contributed by atoms with van der Waals surface area (Å²) >= 11 is 0. The molecule has 1 atom stereocenters. The second kappa shape index (κ2) is 6.14. The molecule has 0 aliphatic carbocycles. The summed E-state index contributed by atoms with van der Waals surface area (Å²) in [7, 11) is 0. The standard InChI is InChI=1S/C10H17F/c1-4-6-10(11)8-7-9(3)5-2/h6-9H,4-5H2,1-3H3. The van der Waals surface area contributed by atoms with Crippen LogP contribution >= 0.6 is 0 Å². The Balaban J connectivity index is 3.81. The Hall–Kier alpha value is -0.590. The molecule has 0 nitrogen and oxygen atoms in total. The predicted molar refractivity (Wildman–Crippen MR) is 48.1 cm³/mol. The first-order valence-electron chi connectivity index (χ1n) is 4.24. The second-order valence-corrected chi connectivity index (χ2v) is 2.74. The number of hydrogen-bond acceptors (Lipinski definition) is 0. The normalized spacial score (nSPS) is 15.8. The minimum absolute atomic E-state index is 0.118. The molecule has 0 bridgehead atoms. The van der Waals surface area contributed by atoms with Gasteiger partial charge in [0, 0.05) is 0 Å². The van der Waals surface area contributed by atoms with E-state index in [-0.39, 0.29) is 5.83 Å². The summed E-state index contributed by atoms with van der Waals surface area (Å²) in [4.78, 5) is 0. The molecule has 0 heterocycles. The topological polar surface area (TPSA) is 0 Å². The fourth-order valence-corrected chi connectivity index (χ4v) is 0.655. The molecule has 0 rings (SSSR count). The van der Waals surface area contributed by atoms with E-state index in [0.29, 0.717) is 5.92 Å². The van der Waals surface area contributed by atoms with E-state index in [1.807, 2.05) is 13.0 Å². The van der Waals surface area contributed by atoms with E-state index in [9.17, 15) is 4.39 Å². The molecule has 0 amide bonds. The Bertz CT molecular complexity index is 145. The molecule has 11 heavy (non-hydrogen) atoms. The molecular weight excluding hydrogens is 139 g/mol. The maximum absolute atomic E-state index is 12.7. The van der Waals surface area contributed by atoms with Crippen LogP contribution in [0.1, 0.15) is 33.6 Å². The number of allylic oxidation sites excluding steroid dienone is 4. The van der Waals surface area contributed by atoms with Crippen LogP contribution in [0.5, 0.6) is 0 Å². The van der Waals surface area contributed by atoms with Gasteiger partial charge in [0.2, 0.25) is 0 Å². The Morgan fingerprint density at radius 1 is 1.45 bits per heavy atom. The van der Waals surface area contributed by atoms with Crippen molar-refractivity contribution in [1.29, 1.82) is 0 Å². The monoisotopic (exact) mass is 156 g/mol. The SMILES string of the molecule is CCC=C(F)C=CC(C)CC. The summed E-state index contributed by atoms with van der Waals surface area (Å²) in [5, 5.41) is 0.